The van der Waals surface area contributed by atoms with Crippen LogP contribution in [0.15, 0.2) is 0 Å². The van der Waals surface area contributed by atoms with Crippen LogP contribution >= 0.6 is 15.6 Å². The first-order valence-corrected chi connectivity index (χ1v) is 42.0. The van der Waals surface area contributed by atoms with E-state index in [2.05, 4.69) is 41.5 Å². The Kier molecular flexibility index (Phi) is 65.5. The van der Waals surface area contributed by atoms with Gasteiger partial charge in [0.1, 0.15) is 19.3 Å². The van der Waals surface area contributed by atoms with Gasteiger partial charge in [-0.1, -0.05) is 337 Å². The van der Waals surface area contributed by atoms with Crippen LogP contribution in [0.3, 0.4) is 0 Å². The van der Waals surface area contributed by atoms with E-state index in [1.807, 2.05) is 0 Å². The second-order valence-electron chi connectivity index (χ2n) is 27.8. The molecule has 0 aliphatic carbocycles. The quantitative estimate of drug-likeness (QED) is 0.0222. The van der Waals surface area contributed by atoms with Crippen molar-refractivity contribution in [1.82, 2.24) is 0 Å². The van der Waals surface area contributed by atoms with E-state index in [-0.39, 0.29) is 25.7 Å². The van der Waals surface area contributed by atoms with Gasteiger partial charge in [0, 0.05) is 25.7 Å². The molecule has 3 unspecified atom stereocenters. The summed E-state index contributed by atoms with van der Waals surface area (Å²) in [6, 6.07) is 0. The molecule has 0 aromatic heterocycles. The Bertz CT molecular complexity index is 1820. The van der Waals surface area contributed by atoms with E-state index in [1.165, 1.54) is 199 Å². The molecule has 0 fully saturated rings. The standard InChI is InChI=1S/C75H146O17P2/c1-7-10-12-14-15-16-17-18-26-29-35-40-46-52-58-73(78)86-64-71(92-75(80)59-53-47-41-36-30-27-24-22-20-19-21-23-25-28-34-39-45-50-56-68(6)9-3)66-90-94(83,84)88-62-69(76)61-87-93(81,82)89-65-70(63-85-72(77)57-51-43-13-11-8-2)91-74(79)60-54-48-42-37-32-31-33-38-44-49-55-67(4)5/h67-71,76H,7-66H2,1-6H3,(H,81,82)(H,83,84)/t68?,69-,70+,71+/m0/s1. The minimum Gasteiger partial charge on any atom is -0.462 e. The van der Waals surface area contributed by atoms with Crippen LogP contribution in [-0.4, -0.2) is 96.7 Å². The van der Waals surface area contributed by atoms with Crippen LogP contribution in [0.1, 0.15) is 388 Å². The Morgan fingerprint density at radius 3 is 0.809 bits per heavy atom. The van der Waals surface area contributed by atoms with E-state index in [9.17, 15) is 43.2 Å². The first kappa shape index (κ1) is 92.1. The average Bonchev–Trinajstić information content (AvgIpc) is 1.99. The first-order chi connectivity index (χ1) is 45.4. The fourth-order valence-electron chi connectivity index (χ4n) is 11.4. The largest absolute Gasteiger partial charge is 0.472 e. The van der Waals surface area contributed by atoms with Crippen molar-refractivity contribution in [3.63, 3.8) is 0 Å². The molecule has 0 aliphatic heterocycles. The predicted octanol–water partition coefficient (Wildman–Crippen LogP) is 21.9. The first-order valence-electron chi connectivity index (χ1n) is 39.0. The fourth-order valence-corrected chi connectivity index (χ4v) is 13.0. The van der Waals surface area contributed by atoms with Crippen LogP contribution < -0.4 is 0 Å². The van der Waals surface area contributed by atoms with Crippen LogP contribution in [0.4, 0.5) is 0 Å². The Morgan fingerprint density at radius 2 is 0.543 bits per heavy atom. The van der Waals surface area contributed by atoms with E-state index in [0.717, 1.165) is 108 Å². The normalized spacial score (nSPS) is 14.3. The van der Waals surface area contributed by atoms with Gasteiger partial charge in [-0.25, -0.2) is 9.13 Å². The third kappa shape index (κ3) is 67.3. The van der Waals surface area contributed by atoms with Crippen molar-refractivity contribution >= 4 is 39.5 Å². The van der Waals surface area contributed by atoms with Crippen molar-refractivity contribution in [1.29, 1.82) is 0 Å². The number of phosphoric acid groups is 2. The lowest BCUT2D eigenvalue weighted by Gasteiger charge is -2.21. The summed E-state index contributed by atoms with van der Waals surface area (Å²) in [5.41, 5.74) is 0. The summed E-state index contributed by atoms with van der Waals surface area (Å²) in [6.07, 6.45) is 54.5. The zero-order valence-electron chi connectivity index (χ0n) is 61.3. The van der Waals surface area contributed by atoms with Gasteiger partial charge in [-0.05, 0) is 37.5 Å². The molecule has 94 heavy (non-hydrogen) atoms. The number of hydrogen-bond acceptors (Lipinski definition) is 15. The molecule has 0 amide bonds. The van der Waals surface area contributed by atoms with Gasteiger partial charge < -0.3 is 33.8 Å². The van der Waals surface area contributed by atoms with Crippen molar-refractivity contribution < 1.29 is 80.2 Å². The summed E-state index contributed by atoms with van der Waals surface area (Å²) in [5.74, 6) is -0.505. The molecule has 0 spiro atoms. The fraction of sp³-hybridized carbons (Fsp3) is 0.947. The molecule has 0 aliphatic rings. The summed E-state index contributed by atoms with van der Waals surface area (Å²) >= 11 is 0. The highest BCUT2D eigenvalue weighted by Gasteiger charge is 2.30. The van der Waals surface area contributed by atoms with Gasteiger partial charge in [-0.15, -0.1) is 0 Å². The molecule has 3 N–H and O–H groups in total. The maximum absolute atomic E-state index is 13.1. The van der Waals surface area contributed by atoms with Gasteiger partial charge in [0.2, 0.25) is 0 Å². The highest BCUT2D eigenvalue weighted by Crippen LogP contribution is 2.45. The maximum atomic E-state index is 13.1. The van der Waals surface area contributed by atoms with Gasteiger partial charge in [0.25, 0.3) is 0 Å². The molecular formula is C75H146O17P2. The molecule has 17 nitrogen and oxygen atoms in total. The van der Waals surface area contributed by atoms with E-state index >= 15 is 0 Å². The lowest BCUT2D eigenvalue weighted by molar-refractivity contribution is -0.161. The van der Waals surface area contributed by atoms with E-state index in [0.29, 0.717) is 25.7 Å². The number of aliphatic hydroxyl groups excluding tert-OH is 1. The van der Waals surface area contributed by atoms with E-state index in [4.69, 9.17) is 37.0 Å². The molecule has 19 heteroatoms. The Balaban J connectivity index is 5.11. The summed E-state index contributed by atoms with van der Waals surface area (Å²) in [4.78, 5) is 72.4. The van der Waals surface area contributed by atoms with Gasteiger partial charge in [0.05, 0.1) is 26.4 Å². The number of ether oxygens (including phenoxy) is 4. The van der Waals surface area contributed by atoms with Gasteiger partial charge >= 0.3 is 39.5 Å². The number of carbonyl (C=O) groups excluding carboxylic acids is 4. The Labute approximate surface area is 575 Å². The molecule has 558 valence electrons. The Hall–Kier alpha value is -1.94. The van der Waals surface area contributed by atoms with Crippen LogP contribution in [0.5, 0.6) is 0 Å². The number of hydrogen-bond donors (Lipinski definition) is 3. The van der Waals surface area contributed by atoms with Crippen molar-refractivity contribution in [3.05, 3.63) is 0 Å². The maximum Gasteiger partial charge on any atom is 0.472 e. The van der Waals surface area contributed by atoms with Gasteiger partial charge in [0.15, 0.2) is 12.2 Å². The number of aliphatic hydroxyl groups is 1. The summed E-state index contributed by atoms with van der Waals surface area (Å²) in [5, 5.41) is 10.6. The van der Waals surface area contributed by atoms with Gasteiger partial charge in [-0.3, -0.25) is 37.3 Å². The summed E-state index contributed by atoms with van der Waals surface area (Å²) in [6.45, 7) is 9.55. The molecule has 0 saturated carbocycles. The van der Waals surface area contributed by atoms with E-state index in [1.54, 1.807) is 0 Å². The minimum absolute atomic E-state index is 0.105. The molecule has 0 aromatic rings. The second-order valence-corrected chi connectivity index (χ2v) is 30.7. The van der Waals surface area contributed by atoms with Gasteiger partial charge in [-0.2, -0.15) is 0 Å². The van der Waals surface area contributed by atoms with Crippen LogP contribution in [-0.2, 0) is 65.4 Å². The summed E-state index contributed by atoms with van der Waals surface area (Å²) in [7, 11) is -9.90. The van der Waals surface area contributed by atoms with Crippen LogP contribution in [0.25, 0.3) is 0 Å². The number of phosphoric ester groups is 2. The molecule has 0 aromatic carbocycles. The van der Waals surface area contributed by atoms with Crippen molar-refractivity contribution in [2.45, 2.75) is 407 Å². The number of esters is 4. The zero-order valence-corrected chi connectivity index (χ0v) is 63.1. The molecule has 0 bridgehead atoms. The molecule has 0 radical (unpaired) electrons. The van der Waals surface area contributed by atoms with Crippen molar-refractivity contribution in [2.24, 2.45) is 11.8 Å². The molecular weight excluding hydrogens is 1230 g/mol. The number of unbranched alkanes of at least 4 members (excludes halogenated alkanes) is 43. The molecule has 0 heterocycles. The smallest absolute Gasteiger partial charge is 0.462 e. The SMILES string of the molecule is CCCCCCCCCCCCCCCCC(=O)OC[C@H](COP(=O)(O)OC[C@@H](O)COP(=O)(O)OC[C@@H](COC(=O)CCCCCCC)OC(=O)CCCCCCCCCCCCC(C)C)OC(=O)CCCCCCCCCCCCCCCCCCCCC(C)CC. The van der Waals surface area contributed by atoms with Crippen LogP contribution in [0.2, 0.25) is 0 Å². The number of rotatable bonds is 74. The van der Waals surface area contributed by atoms with E-state index < -0.39 is 97.5 Å². The molecule has 0 saturated heterocycles. The third-order valence-electron chi connectivity index (χ3n) is 17.8. The van der Waals surface area contributed by atoms with Crippen molar-refractivity contribution in [2.75, 3.05) is 39.6 Å². The lowest BCUT2D eigenvalue weighted by Crippen LogP contribution is -2.30. The Morgan fingerprint density at radius 1 is 0.309 bits per heavy atom. The molecule has 0 rings (SSSR count). The summed E-state index contributed by atoms with van der Waals surface area (Å²) < 4.78 is 68.2. The zero-order chi connectivity index (χ0) is 69.3. The van der Waals surface area contributed by atoms with Crippen LogP contribution in [0, 0.1) is 11.8 Å². The molecule has 6 atom stereocenters. The predicted molar refractivity (Wildman–Crippen MR) is 381 cm³/mol. The second kappa shape index (κ2) is 66.9. The average molecular weight is 1380 g/mol. The minimum atomic E-state index is -4.95. The third-order valence-corrected chi connectivity index (χ3v) is 19.7. The lowest BCUT2D eigenvalue weighted by atomic mass is 9.99. The highest BCUT2D eigenvalue weighted by molar-refractivity contribution is 7.47. The topological polar surface area (TPSA) is 237 Å². The highest BCUT2D eigenvalue weighted by atomic mass is 31.2. The number of carbonyl (C=O) groups is 4. The van der Waals surface area contributed by atoms with Crippen molar-refractivity contribution in [3.8, 4) is 0 Å². The monoisotopic (exact) mass is 1380 g/mol.